The molecule has 1 N–H and O–H groups in total. The maximum atomic E-state index is 5.12. The average molecular weight is 333 g/mol. The highest BCUT2D eigenvalue weighted by atomic mass is 16.5. The Balaban J connectivity index is 1.77. The number of aromatic amines is 1. The molecule has 1 aliphatic heterocycles. The Bertz CT molecular complexity index is 663. The Labute approximate surface area is 142 Å². The minimum atomic E-state index is 0.222. The summed E-state index contributed by atoms with van der Waals surface area (Å²) in [5.41, 5.74) is 0. The fraction of sp³-hybridized carbons (Fsp3) is 0.750. The molecule has 8 nitrogen and oxygen atoms in total. The molecule has 0 spiro atoms. The molecule has 0 radical (unpaired) electrons. The molecule has 0 unspecified atom stereocenters. The van der Waals surface area contributed by atoms with Crippen molar-refractivity contribution in [1.29, 1.82) is 0 Å². The van der Waals surface area contributed by atoms with Gasteiger partial charge >= 0.3 is 0 Å². The van der Waals surface area contributed by atoms with Gasteiger partial charge in [-0.05, 0) is 19.4 Å². The van der Waals surface area contributed by atoms with Gasteiger partial charge in [0.2, 0.25) is 0 Å². The Morgan fingerprint density at radius 2 is 2.12 bits per heavy atom. The van der Waals surface area contributed by atoms with Crippen LogP contribution in [-0.2, 0) is 24.9 Å². The summed E-state index contributed by atoms with van der Waals surface area (Å²) in [6.45, 7) is 6.55. The third-order valence-corrected chi connectivity index (χ3v) is 4.60. The van der Waals surface area contributed by atoms with Crippen molar-refractivity contribution in [1.82, 2.24) is 34.8 Å². The lowest BCUT2D eigenvalue weighted by atomic mass is 10.0. The molecule has 1 fully saturated rings. The average Bonchev–Trinajstić information content (AvgIpc) is 3.16. The number of ether oxygens (including phenoxy) is 1. The van der Waals surface area contributed by atoms with Gasteiger partial charge in [-0.1, -0.05) is 20.3 Å². The van der Waals surface area contributed by atoms with Gasteiger partial charge in [-0.25, -0.2) is 4.98 Å². The zero-order chi connectivity index (χ0) is 17.1. The Kier molecular flexibility index (Phi) is 5.25. The van der Waals surface area contributed by atoms with E-state index in [1.165, 1.54) is 12.8 Å². The molecule has 24 heavy (non-hydrogen) atoms. The summed E-state index contributed by atoms with van der Waals surface area (Å²) in [7, 11) is 3.71. The summed E-state index contributed by atoms with van der Waals surface area (Å²) in [5, 5.41) is 16.1. The highest BCUT2D eigenvalue weighted by molar-refractivity contribution is 5.03. The molecule has 0 amide bonds. The number of nitrogens with one attached hydrogen (secondary N) is 1. The topological polar surface area (TPSA) is 84.8 Å². The van der Waals surface area contributed by atoms with Crippen molar-refractivity contribution < 1.29 is 4.74 Å². The quantitative estimate of drug-likeness (QED) is 0.869. The Morgan fingerprint density at radius 3 is 2.83 bits per heavy atom. The van der Waals surface area contributed by atoms with Gasteiger partial charge < -0.3 is 9.30 Å². The molecule has 0 aliphatic carbocycles. The first kappa shape index (κ1) is 17.0. The van der Waals surface area contributed by atoms with Gasteiger partial charge in [0.25, 0.3) is 0 Å². The first-order valence-electron chi connectivity index (χ1n) is 8.62. The Morgan fingerprint density at radius 1 is 1.29 bits per heavy atom. The molecule has 1 atom stereocenters. The first-order valence-corrected chi connectivity index (χ1v) is 8.62. The molecule has 2 aromatic heterocycles. The van der Waals surface area contributed by atoms with E-state index >= 15 is 0 Å². The van der Waals surface area contributed by atoms with Gasteiger partial charge in [-0.2, -0.15) is 5.10 Å². The number of hydrogen-bond donors (Lipinski definition) is 1. The molecule has 0 saturated carbocycles. The fourth-order valence-corrected chi connectivity index (χ4v) is 3.33. The number of likely N-dealkylation sites (tertiary alicyclic amines) is 1. The van der Waals surface area contributed by atoms with Crippen molar-refractivity contribution in [3.63, 3.8) is 0 Å². The maximum Gasteiger partial charge on any atom is 0.167 e. The predicted octanol–water partition coefficient (Wildman–Crippen LogP) is 1.93. The second-order valence-corrected chi connectivity index (χ2v) is 6.74. The van der Waals surface area contributed by atoms with Gasteiger partial charge in [0, 0.05) is 20.1 Å². The minimum Gasteiger partial charge on any atom is -0.377 e. The molecule has 8 heteroatoms. The highest BCUT2D eigenvalue weighted by Crippen LogP contribution is 2.30. The molecule has 0 bridgehead atoms. The summed E-state index contributed by atoms with van der Waals surface area (Å²) in [6, 6.07) is 0.222. The van der Waals surface area contributed by atoms with Gasteiger partial charge in [-0.3, -0.25) is 10.00 Å². The van der Waals surface area contributed by atoms with Gasteiger partial charge in [0.05, 0.1) is 12.6 Å². The van der Waals surface area contributed by atoms with Crippen LogP contribution in [0.25, 0.3) is 0 Å². The Hall–Kier alpha value is -1.80. The predicted molar refractivity (Wildman–Crippen MR) is 89.2 cm³/mol. The lowest BCUT2D eigenvalue weighted by Crippen LogP contribution is -2.34. The summed E-state index contributed by atoms with van der Waals surface area (Å²) >= 11 is 0. The fourth-order valence-electron chi connectivity index (χ4n) is 3.33. The molecule has 2 aromatic rings. The summed E-state index contributed by atoms with van der Waals surface area (Å²) in [6.07, 6.45) is 3.46. The van der Waals surface area contributed by atoms with Crippen LogP contribution in [0, 0.1) is 0 Å². The number of aromatic nitrogens is 6. The third-order valence-electron chi connectivity index (χ3n) is 4.60. The standard InChI is InChI=1S/C16H27N7O/c1-11(2)16-21-19-14(22(16)3)9-23-8-6-5-7-12(23)15-17-13(10-24-4)18-20-15/h11-12H,5-10H2,1-4H3,(H,17,18,20)/t12-/m1/s1. The molecule has 0 aromatic carbocycles. The van der Waals surface area contributed by atoms with E-state index in [0.717, 1.165) is 42.8 Å². The van der Waals surface area contributed by atoms with Crippen LogP contribution in [-0.4, -0.2) is 48.5 Å². The molecule has 132 valence electrons. The highest BCUT2D eigenvalue weighted by Gasteiger charge is 2.28. The van der Waals surface area contributed by atoms with Crippen LogP contribution in [0.2, 0.25) is 0 Å². The number of methoxy groups -OCH3 is 1. The maximum absolute atomic E-state index is 5.12. The number of rotatable bonds is 6. The minimum absolute atomic E-state index is 0.222. The van der Waals surface area contributed by atoms with Crippen molar-refractivity contribution in [2.75, 3.05) is 13.7 Å². The van der Waals surface area contributed by atoms with Gasteiger partial charge in [0.1, 0.15) is 18.3 Å². The van der Waals surface area contributed by atoms with Crippen molar-refractivity contribution in [2.24, 2.45) is 7.05 Å². The molecule has 1 aliphatic rings. The van der Waals surface area contributed by atoms with Crippen LogP contribution < -0.4 is 0 Å². The summed E-state index contributed by atoms with van der Waals surface area (Å²) in [5.74, 6) is 4.03. The number of piperidine rings is 1. The van der Waals surface area contributed by atoms with E-state index in [4.69, 9.17) is 4.74 Å². The normalized spacial score (nSPS) is 19.3. The van der Waals surface area contributed by atoms with Crippen molar-refractivity contribution in [3.8, 4) is 0 Å². The number of hydrogen-bond acceptors (Lipinski definition) is 6. The zero-order valence-corrected chi connectivity index (χ0v) is 15.0. The van der Waals surface area contributed by atoms with E-state index in [1.54, 1.807) is 7.11 Å². The van der Waals surface area contributed by atoms with Crippen LogP contribution in [0.1, 0.15) is 68.4 Å². The van der Waals surface area contributed by atoms with Crippen molar-refractivity contribution in [3.05, 3.63) is 23.3 Å². The SMILES string of the molecule is COCc1nc([C@H]2CCCCN2Cc2nnc(C(C)C)n2C)n[nH]1. The van der Waals surface area contributed by atoms with E-state index in [0.29, 0.717) is 12.5 Å². The summed E-state index contributed by atoms with van der Waals surface area (Å²) < 4.78 is 7.24. The van der Waals surface area contributed by atoms with E-state index < -0.39 is 0 Å². The van der Waals surface area contributed by atoms with E-state index in [9.17, 15) is 0 Å². The summed E-state index contributed by atoms with van der Waals surface area (Å²) in [4.78, 5) is 7.01. The van der Waals surface area contributed by atoms with Gasteiger partial charge in [0.15, 0.2) is 11.6 Å². The molecular formula is C16H27N7O. The van der Waals surface area contributed by atoms with Crippen molar-refractivity contribution >= 4 is 0 Å². The third kappa shape index (κ3) is 3.49. The monoisotopic (exact) mass is 333 g/mol. The van der Waals surface area contributed by atoms with Crippen molar-refractivity contribution in [2.45, 2.75) is 58.2 Å². The van der Waals surface area contributed by atoms with Crippen LogP contribution in [0.4, 0.5) is 0 Å². The zero-order valence-electron chi connectivity index (χ0n) is 15.0. The van der Waals surface area contributed by atoms with E-state index in [1.807, 2.05) is 7.05 Å². The molecular weight excluding hydrogens is 306 g/mol. The van der Waals surface area contributed by atoms with Gasteiger partial charge in [-0.15, -0.1) is 10.2 Å². The molecule has 1 saturated heterocycles. The first-order chi connectivity index (χ1) is 11.6. The second-order valence-electron chi connectivity index (χ2n) is 6.74. The molecule has 3 rings (SSSR count). The lowest BCUT2D eigenvalue weighted by Gasteiger charge is -2.33. The molecule has 3 heterocycles. The largest absolute Gasteiger partial charge is 0.377 e. The van der Waals surface area contributed by atoms with Crippen LogP contribution >= 0.6 is 0 Å². The second kappa shape index (κ2) is 7.40. The van der Waals surface area contributed by atoms with Crippen LogP contribution in [0.5, 0.6) is 0 Å². The number of nitrogens with zero attached hydrogens (tertiary/aromatic N) is 6. The smallest absolute Gasteiger partial charge is 0.167 e. The van der Waals surface area contributed by atoms with E-state index in [-0.39, 0.29) is 6.04 Å². The number of H-pyrrole nitrogens is 1. The lowest BCUT2D eigenvalue weighted by molar-refractivity contribution is 0.128. The van der Waals surface area contributed by atoms with Crippen LogP contribution in [0.3, 0.4) is 0 Å². The van der Waals surface area contributed by atoms with E-state index in [2.05, 4.69) is 48.7 Å². The van der Waals surface area contributed by atoms with Crippen LogP contribution in [0.15, 0.2) is 0 Å².